The lowest BCUT2D eigenvalue weighted by atomic mass is 10.1. The average Bonchev–Trinajstić information content (AvgIpc) is 3.00. The number of hydrogen-bond donors (Lipinski definition) is 1. The number of methoxy groups -OCH3 is 1. The van der Waals surface area contributed by atoms with E-state index in [4.69, 9.17) is 21.3 Å². The first-order valence-corrected chi connectivity index (χ1v) is 8.55. The van der Waals surface area contributed by atoms with Crippen LogP contribution in [0.15, 0.2) is 48.5 Å². The Kier molecular flexibility index (Phi) is 4.84. The molecule has 0 spiro atoms. The molecule has 1 aromatic heterocycles. The fourth-order valence-corrected chi connectivity index (χ4v) is 3.35. The van der Waals surface area contributed by atoms with Gasteiger partial charge in [0.25, 0.3) is 0 Å². The van der Waals surface area contributed by atoms with E-state index in [1.54, 1.807) is 18.4 Å². The maximum absolute atomic E-state index is 5.92. The smallest absolute Gasteiger partial charge is 0.187 e. The molecular weight excluding hydrogens is 328 g/mol. The summed E-state index contributed by atoms with van der Waals surface area (Å²) >= 11 is 7.60. The zero-order valence-electron chi connectivity index (χ0n) is 13.0. The van der Waals surface area contributed by atoms with E-state index in [2.05, 4.69) is 12.2 Å². The average molecular weight is 345 g/mol. The van der Waals surface area contributed by atoms with E-state index >= 15 is 0 Å². The Morgan fingerprint density at radius 1 is 1.09 bits per heavy atom. The summed E-state index contributed by atoms with van der Waals surface area (Å²) in [5.74, 6) is 0.849. The van der Waals surface area contributed by atoms with Crippen LogP contribution in [0.4, 0.5) is 10.8 Å². The van der Waals surface area contributed by atoms with Crippen molar-refractivity contribution in [1.29, 1.82) is 0 Å². The van der Waals surface area contributed by atoms with Gasteiger partial charge in [-0.15, -0.1) is 11.3 Å². The van der Waals surface area contributed by atoms with Crippen LogP contribution in [0.2, 0.25) is 5.02 Å². The molecular formula is C18H17ClN2OS. The van der Waals surface area contributed by atoms with Gasteiger partial charge >= 0.3 is 0 Å². The number of aromatic nitrogens is 1. The number of nitrogens with zero attached hydrogens (tertiary/aromatic N) is 1. The molecule has 3 aromatic rings. The van der Waals surface area contributed by atoms with Gasteiger partial charge in [-0.05, 0) is 55.0 Å². The molecule has 0 bridgehead atoms. The number of benzene rings is 2. The van der Waals surface area contributed by atoms with Crippen LogP contribution in [0.1, 0.15) is 11.8 Å². The number of aryl methyl sites for hydroxylation is 1. The van der Waals surface area contributed by atoms with E-state index in [0.29, 0.717) is 0 Å². The fraction of sp³-hybridized carbons (Fsp3) is 0.167. The van der Waals surface area contributed by atoms with Crippen molar-refractivity contribution in [2.75, 3.05) is 12.4 Å². The van der Waals surface area contributed by atoms with Gasteiger partial charge in [0.1, 0.15) is 5.75 Å². The summed E-state index contributed by atoms with van der Waals surface area (Å²) < 4.78 is 5.21. The summed E-state index contributed by atoms with van der Waals surface area (Å²) in [7, 11) is 1.67. The Bertz CT molecular complexity index is 782. The zero-order valence-corrected chi connectivity index (χ0v) is 14.5. The van der Waals surface area contributed by atoms with Crippen LogP contribution >= 0.6 is 22.9 Å². The maximum atomic E-state index is 5.92. The van der Waals surface area contributed by atoms with E-state index in [1.807, 2.05) is 48.5 Å². The Morgan fingerprint density at radius 2 is 1.78 bits per heavy atom. The molecule has 0 saturated carbocycles. The van der Waals surface area contributed by atoms with Gasteiger partial charge in [0, 0.05) is 21.2 Å². The maximum Gasteiger partial charge on any atom is 0.187 e. The first-order valence-electron chi connectivity index (χ1n) is 7.36. The molecule has 1 N–H and O–H groups in total. The lowest BCUT2D eigenvalue weighted by Gasteiger charge is -2.03. The first-order chi connectivity index (χ1) is 11.2. The number of ether oxygens (including phenoxy) is 1. The van der Waals surface area contributed by atoms with Crippen LogP contribution in [0, 0.1) is 0 Å². The van der Waals surface area contributed by atoms with Crippen molar-refractivity contribution < 1.29 is 4.74 Å². The molecule has 0 aliphatic carbocycles. The highest BCUT2D eigenvalue weighted by Crippen LogP contribution is 2.33. The normalized spacial score (nSPS) is 10.6. The SMILES string of the molecule is CCc1sc(Nc2ccc(Cl)cc2)nc1-c1ccc(OC)cc1. The number of thiazole rings is 1. The summed E-state index contributed by atoms with van der Waals surface area (Å²) in [6.07, 6.45) is 0.946. The Labute approximate surface area is 144 Å². The van der Waals surface area contributed by atoms with Gasteiger partial charge in [0.15, 0.2) is 5.13 Å². The third-order valence-electron chi connectivity index (χ3n) is 3.48. The number of anilines is 2. The molecule has 5 heteroatoms. The van der Waals surface area contributed by atoms with Crippen LogP contribution < -0.4 is 10.1 Å². The fourth-order valence-electron chi connectivity index (χ4n) is 2.28. The number of hydrogen-bond acceptors (Lipinski definition) is 4. The highest BCUT2D eigenvalue weighted by atomic mass is 35.5. The topological polar surface area (TPSA) is 34.2 Å². The predicted molar refractivity (Wildman–Crippen MR) is 98.2 cm³/mol. The first kappa shape index (κ1) is 15.8. The molecule has 2 aromatic carbocycles. The summed E-state index contributed by atoms with van der Waals surface area (Å²) in [5, 5.41) is 4.95. The van der Waals surface area contributed by atoms with E-state index in [1.165, 1.54) is 4.88 Å². The highest BCUT2D eigenvalue weighted by molar-refractivity contribution is 7.16. The van der Waals surface area contributed by atoms with Crippen LogP contribution in [0.5, 0.6) is 5.75 Å². The van der Waals surface area contributed by atoms with Gasteiger partial charge < -0.3 is 10.1 Å². The second-order valence-corrected chi connectivity index (χ2v) is 6.52. The Morgan fingerprint density at radius 3 is 2.39 bits per heavy atom. The number of rotatable bonds is 5. The largest absolute Gasteiger partial charge is 0.497 e. The van der Waals surface area contributed by atoms with Crippen LogP contribution in [-0.2, 0) is 6.42 Å². The van der Waals surface area contributed by atoms with E-state index < -0.39 is 0 Å². The minimum absolute atomic E-state index is 0.725. The van der Waals surface area contributed by atoms with Crippen molar-refractivity contribution in [3.05, 3.63) is 58.4 Å². The van der Waals surface area contributed by atoms with Crippen molar-refractivity contribution in [3.8, 4) is 17.0 Å². The van der Waals surface area contributed by atoms with Crippen molar-refractivity contribution in [2.45, 2.75) is 13.3 Å². The predicted octanol–water partition coefficient (Wildman–Crippen LogP) is 5.78. The standard InChI is InChI=1S/C18H17ClN2OS/c1-3-16-17(12-4-10-15(22-2)11-5-12)21-18(23-16)20-14-8-6-13(19)7-9-14/h4-11H,3H2,1-2H3,(H,20,21). The lowest BCUT2D eigenvalue weighted by Crippen LogP contribution is -1.89. The third-order valence-corrected chi connectivity index (χ3v) is 4.84. The van der Waals surface area contributed by atoms with E-state index in [-0.39, 0.29) is 0 Å². The Balaban J connectivity index is 1.88. The number of nitrogens with one attached hydrogen (secondary N) is 1. The molecule has 0 radical (unpaired) electrons. The van der Waals surface area contributed by atoms with Gasteiger partial charge in [0.05, 0.1) is 12.8 Å². The summed E-state index contributed by atoms with van der Waals surface area (Å²) in [6.45, 7) is 2.15. The van der Waals surface area contributed by atoms with Crippen LogP contribution in [0.25, 0.3) is 11.3 Å². The molecule has 23 heavy (non-hydrogen) atoms. The van der Waals surface area contributed by atoms with Crippen LogP contribution in [0.3, 0.4) is 0 Å². The van der Waals surface area contributed by atoms with Crippen molar-refractivity contribution in [2.24, 2.45) is 0 Å². The zero-order chi connectivity index (χ0) is 16.2. The molecule has 0 aliphatic rings. The lowest BCUT2D eigenvalue weighted by molar-refractivity contribution is 0.415. The molecule has 3 nitrogen and oxygen atoms in total. The van der Waals surface area contributed by atoms with Gasteiger partial charge in [0.2, 0.25) is 0 Å². The molecule has 1 heterocycles. The van der Waals surface area contributed by atoms with E-state index in [0.717, 1.165) is 39.3 Å². The van der Waals surface area contributed by atoms with Gasteiger partial charge in [-0.3, -0.25) is 0 Å². The monoisotopic (exact) mass is 344 g/mol. The molecule has 0 aliphatic heterocycles. The summed E-state index contributed by atoms with van der Waals surface area (Å²) in [5.41, 5.74) is 3.10. The minimum Gasteiger partial charge on any atom is -0.497 e. The van der Waals surface area contributed by atoms with Gasteiger partial charge in [-0.25, -0.2) is 4.98 Å². The molecule has 0 atom stereocenters. The minimum atomic E-state index is 0.725. The molecule has 0 unspecified atom stereocenters. The van der Waals surface area contributed by atoms with Crippen molar-refractivity contribution in [3.63, 3.8) is 0 Å². The quantitative estimate of drug-likeness (QED) is 0.637. The Hall–Kier alpha value is -2.04. The molecule has 3 rings (SSSR count). The summed E-state index contributed by atoms with van der Waals surface area (Å²) in [6, 6.07) is 15.6. The third kappa shape index (κ3) is 3.66. The summed E-state index contributed by atoms with van der Waals surface area (Å²) in [4.78, 5) is 6.01. The molecule has 0 amide bonds. The molecule has 118 valence electrons. The number of halogens is 1. The second kappa shape index (κ2) is 7.02. The van der Waals surface area contributed by atoms with Crippen molar-refractivity contribution in [1.82, 2.24) is 4.98 Å². The van der Waals surface area contributed by atoms with Gasteiger partial charge in [-0.1, -0.05) is 18.5 Å². The van der Waals surface area contributed by atoms with E-state index in [9.17, 15) is 0 Å². The second-order valence-electron chi connectivity index (χ2n) is 5.00. The highest BCUT2D eigenvalue weighted by Gasteiger charge is 2.12. The molecule has 0 fully saturated rings. The van der Waals surface area contributed by atoms with Crippen molar-refractivity contribution >= 4 is 33.8 Å². The van der Waals surface area contributed by atoms with Gasteiger partial charge in [-0.2, -0.15) is 0 Å². The van der Waals surface area contributed by atoms with Crippen LogP contribution in [-0.4, -0.2) is 12.1 Å². The molecule has 0 saturated heterocycles.